The summed E-state index contributed by atoms with van der Waals surface area (Å²) < 4.78 is 17.1. The van der Waals surface area contributed by atoms with E-state index in [2.05, 4.69) is 0 Å². The van der Waals surface area contributed by atoms with E-state index in [9.17, 15) is 4.79 Å². The number of rotatable bonds is 14. The van der Waals surface area contributed by atoms with Crippen molar-refractivity contribution in [2.75, 3.05) is 13.7 Å². The first-order valence-corrected chi connectivity index (χ1v) is 9.90. The molecule has 0 aromatic heterocycles. The Morgan fingerprint density at radius 1 is 1.00 bits per heavy atom. The van der Waals surface area contributed by atoms with E-state index < -0.39 is 5.97 Å². The molecule has 0 radical (unpaired) electrons. The van der Waals surface area contributed by atoms with Crippen molar-refractivity contribution >= 4 is 5.97 Å². The maximum absolute atomic E-state index is 10.6. The zero-order valence-corrected chi connectivity index (χ0v) is 17.0. The molecular weight excluding hydrogens is 368 g/mol. The van der Waals surface area contributed by atoms with E-state index in [1.165, 1.54) is 0 Å². The zero-order valence-electron chi connectivity index (χ0n) is 17.0. The van der Waals surface area contributed by atoms with Crippen molar-refractivity contribution in [1.82, 2.24) is 0 Å². The van der Waals surface area contributed by atoms with Crippen molar-refractivity contribution in [3.8, 4) is 5.75 Å². The Labute approximate surface area is 172 Å². The van der Waals surface area contributed by atoms with Crippen LogP contribution in [0.2, 0.25) is 0 Å². The summed E-state index contributed by atoms with van der Waals surface area (Å²) in [5.74, 6) is 0.0697. The second kappa shape index (κ2) is 13.5. The second-order valence-electron chi connectivity index (χ2n) is 6.77. The van der Waals surface area contributed by atoms with Gasteiger partial charge in [-0.3, -0.25) is 4.79 Å². The Hall–Kier alpha value is -2.63. The van der Waals surface area contributed by atoms with Crippen LogP contribution in [-0.4, -0.2) is 30.9 Å². The third-order valence-electron chi connectivity index (χ3n) is 4.39. The summed E-state index contributed by atoms with van der Waals surface area (Å²) in [6.07, 6.45) is 6.33. The SMILES string of the molecule is COc1ccc(COC[C@@H](C/C=C\CCCC(=O)O)OCc2ccccc2)cc1. The Morgan fingerprint density at radius 3 is 2.41 bits per heavy atom. The fourth-order valence-electron chi connectivity index (χ4n) is 2.74. The van der Waals surface area contributed by atoms with E-state index in [0.29, 0.717) is 26.2 Å². The Morgan fingerprint density at radius 2 is 1.72 bits per heavy atom. The molecule has 0 amide bonds. The number of carboxylic acid groups (broad SMARTS) is 1. The van der Waals surface area contributed by atoms with Gasteiger partial charge >= 0.3 is 5.97 Å². The molecule has 156 valence electrons. The number of benzene rings is 2. The van der Waals surface area contributed by atoms with Gasteiger partial charge < -0.3 is 19.3 Å². The minimum absolute atomic E-state index is 0.0656. The summed E-state index contributed by atoms with van der Waals surface area (Å²) in [5, 5.41) is 8.69. The number of ether oxygens (including phenoxy) is 3. The molecule has 0 heterocycles. The monoisotopic (exact) mass is 398 g/mol. The first-order chi connectivity index (χ1) is 14.2. The Kier molecular flexibility index (Phi) is 10.6. The van der Waals surface area contributed by atoms with Crippen molar-refractivity contribution in [3.05, 3.63) is 77.9 Å². The van der Waals surface area contributed by atoms with Crippen LogP contribution in [0.1, 0.15) is 36.8 Å². The summed E-state index contributed by atoms with van der Waals surface area (Å²) in [6, 6.07) is 17.9. The van der Waals surface area contributed by atoms with Crippen LogP contribution in [0.25, 0.3) is 0 Å². The summed E-state index contributed by atoms with van der Waals surface area (Å²) in [5.41, 5.74) is 2.20. The molecule has 5 nitrogen and oxygen atoms in total. The minimum Gasteiger partial charge on any atom is -0.497 e. The average molecular weight is 398 g/mol. The molecular formula is C24H30O5. The van der Waals surface area contributed by atoms with Crippen LogP contribution < -0.4 is 4.74 Å². The molecule has 29 heavy (non-hydrogen) atoms. The Balaban J connectivity index is 1.79. The van der Waals surface area contributed by atoms with Crippen molar-refractivity contribution < 1.29 is 24.1 Å². The molecule has 0 saturated carbocycles. The standard InChI is InChI=1S/C24H30O5/c1-27-22-15-13-21(14-16-22)17-28-19-23(11-7-2-3-8-12-24(25)26)29-18-20-9-5-4-6-10-20/h2,4-7,9-10,13-16,23H,3,8,11-12,17-19H2,1H3,(H,25,26)/b7-2-/t23-/m1/s1. The zero-order chi connectivity index (χ0) is 20.7. The highest BCUT2D eigenvalue weighted by atomic mass is 16.5. The molecule has 0 aliphatic heterocycles. The van der Waals surface area contributed by atoms with Gasteiger partial charge in [-0.2, -0.15) is 0 Å². The van der Waals surface area contributed by atoms with Gasteiger partial charge in [-0.05, 0) is 42.5 Å². The van der Waals surface area contributed by atoms with Crippen LogP contribution in [0.15, 0.2) is 66.7 Å². The number of hydrogen-bond acceptors (Lipinski definition) is 4. The second-order valence-corrected chi connectivity index (χ2v) is 6.77. The van der Waals surface area contributed by atoms with Crippen molar-refractivity contribution in [2.24, 2.45) is 0 Å². The van der Waals surface area contributed by atoms with E-state index in [-0.39, 0.29) is 12.5 Å². The first kappa shape index (κ1) is 22.7. The predicted octanol–water partition coefficient (Wildman–Crippen LogP) is 5.00. The molecule has 1 atom stereocenters. The number of allylic oxidation sites excluding steroid dienone is 1. The summed E-state index contributed by atoms with van der Waals surface area (Å²) >= 11 is 0. The smallest absolute Gasteiger partial charge is 0.303 e. The van der Waals surface area contributed by atoms with Crippen LogP contribution in [0.3, 0.4) is 0 Å². The molecule has 0 aliphatic rings. The minimum atomic E-state index is -0.755. The van der Waals surface area contributed by atoms with E-state index in [1.807, 2.05) is 66.7 Å². The lowest BCUT2D eigenvalue weighted by Gasteiger charge is -2.17. The lowest BCUT2D eigenvalue weighted by Crippen LogP contribution is -2.19. The third kappa shape index (κ3) is 9.92. The summed E-state index contributed by atoms with van der Waals surface area (Å²) in [7, 11) is 1.65. The molecule has 0 bridgehead atoms. The highest BCUT2D eigenvalue weighted by Crippen LogP contribution is 2.13. The van der Waals surface area contributed by atoms with Crippen LogP contribution in [0.5, 0.6) is 5.75 Å². The number of carbonyl (C=O) groups is 1. The maximum Gasteiger partial charge on any atom is 0.303 e. The fraction of sp³-hybridized carbons (Fsp3) is 0.375. The van der Waals surface area contributed by atoms with Crippen LogP contribution in [0, 0.1) is 0 Å². The molecule has 5 heteroatoms. The third-order valence-corrected chi connectivity index (χ3v) is 4.39. The van der Waals surface area contributed by atoms with Crippen LogP contribution in [0.4, 0.5) is 0 Å². The van der Waals surface area contributed by atoms with Gasteiger partial charge in [-0.15, -0.1) is 0 Å². The highest BCUT2D eigenvalue weighted by Gasteiger charge is 2.09. The number of unbranched alkanes of at least 4 members (excludes halogenated alkanes) is 1. The highest BCUT2D eigenvalue weighted by molar-refractivity contribution is 5.66. The van der Waals surface area contributed by atoms with Crippen molar-refractivity contribution in [3.63, 3.8) is 0 Å². The van der Waals surface area contributed by atoms with Gasteiger partial charge in [0.05, 0.1) is 33.0 Å². The normalized spacial score (nSPS) is 12.2. The lowest BCUT2D eigenvalue weighted by molar-refractivity contribution is -0.137. The van der Waals surface area contributed by atoms with E-state index in [0.717, 1.165) is 29.7 Å². The summed E-state index contributed by atoms with van der Waals surface area (Å²) in [4.78, 5) is 10.6. The van der Waals surface area contributed by atoms with E-state index in [4.69, 9.17) is 19.3 Å². The number of methoxy groups -OCH3 is 1. The average Bonchev–Trinajstić information content (AvgIpc) is 2.75. The molecule has 0 unspecified atom stereocenters. The Bertz CT molecular complexity index is 725. The molecule has 0 aliphatic carbocycles. The molecule has 0 saturated heterocycles. The maximum atomic E-state index is 10.6. The topological polar surface area (TPSA) is 65.0 Å². The predicted molar refractivity (Wildman–Crippen MR) is 113 cm³/mol. The van der Waals surface area contributed by atoms with E-state index >= 15 is 0 Å². The summed E-state index contributed by atoms with van der Waals surface area (Å²) in [6.45, 7) is 1.53. The molecule has 2 aromatic carbocycles. The molecule has 2 aromatic rings. The van der Waals surface area contributed by atoms with Gasteiger partial charge in [0, 0.05) is 6.42 Å². The van der Waals surface area contributed by atoms with Gasteiger partial charge in [0.2, 0.25) is 0 Å². The fourth-order valence-corrected chi connectivity index (χ4v) is 2.74. The van der Waals surface area contributed by atoms with Crippen LogP contribution in [-0.2, 0) is 27.5 Å². The number of hydrogen-bond donors (Lipinski definition) is 1. The van der Waals surface area contributed by atoms with Gasteiger partial charge in [-0.1, -0.05) is 54.6 Å². The van der Waals surface area contributed by atoms with Crippen LogP contribution >= 0.6 is 0 Å². The van der Waals surface area contributed by atoms with Gasteiger partial charge in [-0.25, -0.2) is 0 Å². The van der Waals surface area contributed by atoms with Gasteiger partial charge in [0.1, 0.15) is 5.75 Å². The van der Waals surface area contributed by atoms with E-state index in [1.54, 1.807) is 7.11 Å². The molecule has 0 fully saturated rings. The number of aliphatic carboxylic acids is 1. The van der Waals surface area contributed by atoms with Crippen molar-refractivity contribution in [2.45, 2.75) is 45.0 Å². The molecule has 1 N–H and O–H groups in total. The lowest BCUT2D eigenvalue weighted by atomic mass is 10.2. The molecule has 0 spiro atoms. The first-order valence-electron chi connectivity index (χ1n) is 9.90. The quantitative estimate of drug-likeness (QED) is 0.358. The number of carboxylic acids is 1. The van der Waals surface area contributed by atoms with Gasteiger partial charge in [0.25, 0.3) is 0 Å². The van der Waals surface area contributed by atoms with Gasteiger partial charge in [0.15, 0.2) is 0 Å². The largest absolute Gasteiger partial charge is 0.497 e. The molecule has 2 rings (SSSR count). The van der Waals surface area contributed by atoms with Crippen molar-refractivity contribution in [1.29, 1.82) is 0 Å².